The number of carbonyl (C=O) groups is 2. The van der Waals surface area contributed by atoms with Crippen LogP contribution in [0, 0.1) is 0 Å². The number of carbonyl (C=O) groups excluding carboxylic acids is 2. The minimum Gasteiger partial charge on any atom is -0.756 e. The number of nitrogens with zero attached hydrogens (tertiary/aromatic N) is 1. The molecule has 10 nitrogen and oxygen atoms in total. The Kier molecular flexibility index (Phi) is 34.1. The maximum Gasteiger partial charge on any atom is 0.306 e. The summed E-state index contributed by atoms with van der Waals surface area (Å²) in [6.07, 6.45) is 39.6. The van der Waals surface area contributed by atoms with Gasteiger partial charge in [0.05, 0.1) is 33.9 Å². The summed E-state index contributed by atoms with van der Waals surface area (Å²) in [5, 5.41) is 10.3. The minimum absolute atomic E-state index is 0.0108. The number of unbranched alkanes of at least 4 members (excludes halogenated alkanes) is 9. The summed E-state index contributed by atoms with van der Waals surface area (Å²) >= 11 is 0. The molecule has 0 heterocycles. The van der Waals surface area contributed by atoms with Crippen molar-refractivity contribution in [3.8, 4) is 0 Å². The largest absolute Gasteiger partial charge is 0.756 e. The molecule has 0 saturated carbocycles. The fraction of sp³-hybridized carbons (Fsp3) is 0.682. The maximum absolute atomic E-state index is 12.7. The molecule has 1 N–H and O–H groups in total. The van der Waals surface area contributed by atoms with Gasteiger partial charge in [0.2, 0.25) is 0 Å². The highest BCUT2D eigenvalue weighted by Crippen LogP contribution is 2.38. The van der Waals surface area contributed by atoms with Gasteiger partial charge in [-0.2, -0.15) is 0 Å². The van der Waals surface area contributed by atoms with Crippen LogP contribution in [-0.2, 0) is 32.7 Å². The highest BCUT2D eigenvalue weighted by Gasteiger charge is 2.22. The van der Waals surface area contributed by atoms with E-state index in [2.05, 4.69) is 62.5 Å². The van der Waals surface area contributed by atoms with Gasteiger partial charge in [0.1, 0.15) is 19.8 Å². The quantitative estimate of drug-likeness (QED) is 0.0165. The number of aliphatic hydroxyl groups is 1. The molecule has 55 heavy (non-hydrogen) atoms. The van der Waals surface area contributed by atoms with Gasteiger partial charge in [-0.25, -0.2) is 0 Å². The molecule has 0 aliphatic rings. The second-order valence-electron chi connectivity index (χ2n) is 14.8. The highest BCUT2D eigenvalue weighted by atomic mass is 31.2. The highest BCUT2D eigenvalue weighted by molar-refractivity contribution is 7.45. The average molecular weight is 794 g/mol. The lowest BCUT2D eigenvalue weighted by Crippen LogP contribution is -2.37. The van der Waals surface area contributed by atoms with Gasteiger partial charge >= 0.3 is 11.9 Å². The van der Waals surface area contributed by atoms with E-state index >= 15 is 0 Å². The predicted octanol–water partition coefficient (Wildman–Crippen LogP) is 9.80. The summed E-state index contributed by atoms with van der Waals surface area (Å²) in [5.74, 6) is -1.06. The smallest absolute Gasteiger partial charge is 0.306 e. The van der Waals surface area contributed by atoms with Crippen molar-refractivity contribution in [2.75, 3.05) is 47.5 Å². The summed E-state index contributed by atoms with van der Waals surface area (Å²) in [6, 6.07) is 0. The molecule has 316 valence electrons. The molecule has 0 rings (SSSR count). The zero-order valence-corrected chi connectivity index (χ0v) is 35.8. The number of phosphoric ester groups is 1. The average Bonchev–Trinajstić information content (AvgIpc) is 3.12. The van der Waals surface area contributed by atoms with Crippen molar-refractivity contribution < 1.29 is 47.2 Å². The van der Waals surface area contributed by atoms with Crippen molar-refractivity contribution in [3.05, 3.63) is 72.9 Å². The van der Waals surface area contributed by atoms with Gasteiger partial charge in [-0.05, 0) is 70.6 Å². The lowest BCUT2D eigenvalue weighted by molar-refractivity contribution is -0.870. The Hall–Kier alpha value is -2.59. The standard InChI is InChI=1S/C44H76NO9P/c1-6-8-10-12-14-16-18-20-22-24-26-28-30-33-41(46)34-32-36-44(48)54-42(40-53-55(49,50)52-38-37-45(3,4)5)39-51-43(47)35-31-29-27-25-23-21-19-17-15-13-11-9-7-2/h8,10,14,16-17,19-20,22,26,28,30,33,41-42,46H,6-7,9,11-13,15,18,21,23-25,27,29,31-32,34-40H2,1-5H3/b10-8-,16-14-,19-17-,22-20-,28-26-,33-30+/t41?,42-/m1/s1. The van der Waals surface area contributed by atoms with E-state index in [9.17, 15) is 24.2 Å². The van der Waals surface area contributed by atoms with Crippen LogP contribution in [0.25, 0.3) is 0 Å². The molecule has 0 aromatic heterocycles. The molecule has 0 bridgehead atoms. The molecule has 0 saturated heterocycles. The van der Waals surface area contributed by atoms with Crippen LogP contribution in [0.2, 0.25) is 0 Å². The Balaban J connectivity index is 4.64. The van der Waals surface area contributed by atoms with E-state index in [-0.39, 0.29) is 26.1 Å². The molecule has 0 aromatic rings. The Labute approximate surface area is 334 Å². The molecule has 0 amide bonds. The fourth-order valence-electron chi connectivity index (χ4n) is 5.03. The first-order valence-electron chi connectivity index (χ1n) is 20.8. The zero-order chi connectivity index (χ0) is 40.9. The van der Waals surface area contributed by atoms with Crippen LogP contribution in [-0.4, -0.2) is 81.2 Å². The van der Waals surface area contributed by atoms with E-state index in [1.165, 1.54) is 25.7 Å². The second-order valence-corrected chi connectivity index (χ2v) is 16.2. The lowest BCUT2D eigenvalue weighted by atomic mass is 10.1. The molecule has 0 spiro atoms. The summed E-state index contributed by atoms with van der Waals surface area (Å²) in [5.41, 5.74) is 0. The van der Waals surface area contributed by atoms with Crippen molar-refractivity contribution in [1.82, 2.24) is 0 Å². The number of hydrogen-bond donors (Lipinski definition) is 1. The van der Waals surface area contributed by atoms with Crippen LogP contribution in [0.1, 0.15) is 136 Å². The Morgan fingerprint density at radius 2 is 1.27 bits per heavy atom. The summed E-state index contributed by atoms with van der Waals surface area (Å²) in [6.45, 7) is 3.83. The monoisotopic (exact) mass is 794 g/mol. The van der Waals surface area contributed by atoms with E-state index in [1.807, 2.05) is 33.3 Å². The number of phosphoric acid groups is 1. The van der Waals surface area contributed by atoms with Gasteiger partial charge in [0, 0.05) is 12.8 Å². The Morgan fingerprint density at radius 3 is 1.91 bits per heavy atom. The van der Waals surface area contributed by atoms with E-state index in [4.69, 9.17) is 18.5 Å². The molecule has 2 unspecified atom stereocenters. The third-order valence-electron chi connectivity index (χ3n) is 8.31. The molecule has 0 aliphatic heterocycles. The summed E-state index contributed by atoms with van der Waals surface area (Å²) < 4.78 is 33.6. The number of allylic oxidation sites excluding steroid dienone is 11. The fourth-order valence-corrected chi connectivity index (χ4v) is 5.76. The number of hydrogen-bond acceptors (Lipinski definition) is 9. The van der Waals surface area contributed by atoms with E-state index in [1.54, 1.807) is 12.2 Å². The Morgan fingerprint density at radius 1 is 0.691 bits per heavy atom. The van der Waals surface area contributed by atoms with E-state index < -0.39 is 38.6 Å². The molecule has 0 radical (unpaired) electrons. The van der Waals surface area contributed by atoms with Gasteiger partial charge in [-0.3, -0.25) is 14.2 Å². The van der Waals surface area contributed by atoms with Crippen molar-refractivity contribution in [3.63, 3.8) is 0 Å². The number of aliphatic hydroxyl groups excluding tert-OH is 1. The number of rotatable bonds is 36. The first-order chi connectivity index (χ1) is 26.4. The van der Waals surface area contributed by atoms with Crippen LogP contribution in [0.3, 0.4) is 0 Å². The van der Waals surface area contributed by atoms with E-state index in [0.717, 1.165) is 64.2 Å². The van der Waals surface area contributed by atoms with Crippen LogP contribution < -0.4 is 4.89 Å². The third kappa shape index (κ3) is 39.4. The summed E-state index contributed by atoms with van der Waals surface area (Å²) in [4.78, 5) is 37.5. The minimum atomic E-state index is -4.68. The van der Waals surface area contributed by atoms with Crippen LogP contribution in [0.15, 0.2) is 72.9 Å². The summed E-state index contributed by atoms with van der Waals surface area (Å²) in [7, 11) is 1.03. The van der Waals surface area contributed by atoms with Gasteiger partial charge < -0.3 is 33.0 Å². The van der Waals surface area contributed by atoms with Gasteiger partial charge in [0.25, 0.3) is 7.82 Å². The normalized spacial score (nSPS) is 15.0. The van der Waals surface area contributed by atoms with Crippen LogP contribution >= 0.6 is 7.82 Å². The number of likely N-dealkylation sites (N-methyl/N-ethyl adjacent to an activating group) is 1. The van der Waals surface area contributed by atoms with Gasteiger partial charge in [0.15, 0.2) is 6.10 Å². The lowest BCUT2D eigenvalue weighted by Gasteiger charge is -2.28. The molecule has 0 aliphatic carbocycles. The Bertz CT molecular complexity index is 1190. The molecule has 11 heteroatoms. The first-order valence-corrected chi connectivity index (χ1v) is 22.2. The molecule has 3 atom stereocenters. The van der Waals surface area contributed by atoms with E-state index in [0.29, 0.717) is 30.3 Å². The SMILES string of the molecule is CC/C=C\C/C=C\C/C=C\C/C=C\C=C\C(O)CCCC(=O)O[C@H](COC(=O)CCCCCCC/C=C\CCCCCC)COP(=O)([O-])OCC[N+](C)(C)C. The van der Waals surface area contributed by atoms with Crippen molar-refractivity contribution in [2.24, 2.45) is 0 Å². The van der Waals surface area contributed by atoms with Crippen LogP contribution in [0.4, 0.5) is 0 Å². The van der Waals surface area contributed by atoms with Crippen molar-refractivity contribution >= 4 is 19.8 Å². The number of quaternary nitrogens is 1. The second kappa shape index (κ2) is 35.8. The molecule has 0 fully saturated rings. The maximum atomic E-state index is 12.7. The van der Waals surface area contributed by atoms with Gasteiger partial charge in [-0.1, -0.05) is 125 Å². The topological polar surface area (TPSA) is 131 Å². The molecule has 0 aromatic carbocycles. The van der Waals surface area contributed by atoms with Crippen molar-refractivity contribution in [2.45, 2.75) is 148 Å². The van der Waals surface area contributed by atoms with Crippen LogP contribution in [0.5, 0.6) is 0 Å². The number of ether oxygens (including phenoxy) is 2. The molecular weight excluding hydrogens is 717 g/mol. The van der Waals surface area contributed by atoms with Crippen molar-refractivity contribution in [1.29, 1.82) is 0 Å². The first kappa shape index (κ1) is 52.4. The third-order valence-corrected chi connectivity index (χ3v) is 9.28. The molecular formula is C44H76NO9P. The van der Waals surface area contributed by atoms with Gasteiger partial charge in [-0.15, -0.1) is 0 Å². The zero-order valence-electron chi connectivity index (χ0n) is 35.0. The number of esters is 2. The predicted molar refractivity (Wildman–Crippen MR) is 223 cm³/mol.